The number of rotatable bonds is 4. The molecule has 2 aromatic carbocycles. The number of hydrogen-bond acceptors (Lipinski definition) is 3. The third kappa shape index (κ3) is 2.60. The van der Waals surface area contributed by atoms with E-state index in [0.29, 0.717) is 16.9 Å². The largest absolute Gasteiger partial charge is 0.507 e. The lowest BCUT2D eigenvalue weighted by Crippen LogP contribution is -2.03. The van der Waals surface area contributed by atoms with Crippen LogP contribution in [-0.4, -0.2) is 18.0 Å². The highest BCUT2D eigenvalue weighted by molar-refractivity contribution is 6.10. The van der Waals surface area contributed by atoms with Crippen molar-refractivity contribution in [1.82, 2.24) is 0 Å². The molecule has 0 saturated heterocycles. The molecule has 0 aromatic heterocycles. The van der Waals surface area contributed by atoms with E-state index in [1.165, 1.54) is 6.07 Å². The van der Waals surface area contributed by atoms with Crippen LogP contribution in [0.2, 0.25) is 0 Å². The number of phenolic OH excluding ortho intramolecular Hbond substituents is 1. The minimum absolute atomic E-state index is 0.0529. The summed E-state index contributed by atoms with van der Waals surface area (Å²) in [5.74, 6) is 0.364. The fraction of sp³-hybridized carbons (Fsp3) is 0.188. The molecule has 0 atom stereocenters. The maximum absolute atomic E-state index is 12.3. The Balaban J connectivity index is 2.48. The monoisotopic (exact) mass is 256 g/mol. The summed E-state index contributed by atoms with van der Waals surface area (Å²) in [5, 5.41) is 9.97. The van der Waals surface area contributed by atoms with Crippen LogP contribution in [0.3, 0.4) is 0 Å². The standard InChI is InChI=1S/C16H16O3/c1-3-11-9-13(14(17)10-15(11)19-2)16(18)12-7-5-4-6-8-12/h4-10,17H,3H2,1-2H3. The third-order valence-electron chi connectivity index (χ3n) is 3.06. The zero-order valence-electron chi connectivity index (χ0n) is 11.0. The van der Waals surface area contributed by atoms with E-state index in [-0.39, 0.29) is 11.5 Å². The van der Waals surface area contributed by atoms with Crippen LogP contribution in [0.15, 0.2) is 42.5 Å². The van der Waals surface area contributed by atoms with Crippen molar-refractivity contribution >= 4 is 5.78 Å². The molecule has 2 aromatic rings. The number of ether oxygens (including phenoxy) is 1. The van der Waals surface area contributed by atoms with Crippen LogP contribution in [-0.2, 0) is 6.42 Å². The fourth-order valence-electron chi connectivity index (χ4n) is 2.01. The summed E-state index contributed by atoms with van der Waals surface area (Å²) in [7, 11) is 1.55. The molecule has 0 radical (unpaired) electrons. The van der Waals surface area contributed by atoms with Gasteiger partial charge in [-0.2, -0.15) is 0 Å². The Morgan fingerprint density at radius 1 is 1.21 bits per heavy atom. The van der Waals surface area contributed by atoms with E-state index in [1.54, 1.807) is 37.4 Å². The molecule has 19 heavy (non-hydrogen) atoms. The van der Waals surface area contributed by atoms with E-state index in [1.807, 2.05) is 13.0 Å². The molecule has 0 saturated carbocycles. The molecule has 3 nitrogen and oxygen atoms in total. The Kier molecular flexibility index (Phi) is 3.85. The van der Waals surface area contributed by atoms with Crippen LogP contribution in [0.1, 0.15) is 28.4 Å². The van der Waals surface area contributed by atoms with Gasteiger partial charge in [-0.25, -0.2) is 0 Å². The first-order valence-corrected chi connectivity index (χ1v) is 6.17. The predicted octanol–water partition coefficient (Wildman–Crippen LogP) is 3.19. The second-order valence-electron chi connectivity index (χ2n) is 4.23. The van der Waals surface area contributed by atoms with Gasteiger partial charge in [-0.1, -0.05) is 37.3 Å². The maximum Gasteiger partial charge on any atom is 0.196 e. The van der Waals surface area contributed by atoms with E-state index in [4.69, 9.17) is 4.74 Å². The highest BCUT2D eigenvalue weighted by atomic mass is 16.5. The Bertz CT molecular complexity index is 588. The minimum Gasteiger partial charge on any atom is -0.507 e. The first-order chi connectivity index (χ1) is 9.17. The van der Waals surface area contributed by atoms with Gasteiger partial charge in [-0.3, -0.25) is 4.79 Å². The van der Waals surface area contributed by atoms with Gasteiger partial charge in [0.05, 0.1) is 12.7 Å². The summed E-state index contributed by atoms with van der Waals surface area (Å²) in [5.41, 5.74) is 1.77. The molecule has 1 N–H and O–H groups in total. The van der Waals surface area contributed by atoms with E-state index < -0.39 is 0 Å². The summed E-state index contributed by atoms with van der Waals surface area (Å²) < 4.78 is 5.19. The lowest BCUT2D eigenvalue weighted by molar-refractivity contribution is 0.103. The van der Waals surface area contributed by atoms with Gasteiger partial charge in [-0.15, -0.1) is 0 Å². The molecule has 0 unspecified atom stereocenters. The summed E-state index contributed by atoms with van der Waals surface area (Å²) in [4.78, 5) is 12.3. The molecule has 0 aliphatic rings. The number of carbonyl (C=O) groups excluding carboxylic acids is 1. The Morgan fingerprint density at radius 2 is 1.89 bits per heavy atom. The van der Waals surface area contributed by atoms with Crippen molar-refractivity contribution in [3.63, 3.8) is 0 Å². The van der Waals surface area contributed by atoms with Crippen LogP contribution >= 0.6 is 0 Å². The molecular formula is C16H16O3. The third-order valence-corrected chi connectivity index (χ3v) is 3.06. The highest BCUT2D eigenvalue weighted by Gasteiger charge is 2.16. The van der Waals surface area contributed by atoms with Gasteiger partial charge in [0.15, 0.2) is 5.78 Å². The number of benzene rings is 2. The Morgan fingerprint density at radius 3 is 2.47 bits per heavy atom. The molecule has 0 fully saturated rings. The van der Waals surface area contributed by atoms with Crippen LogP contribution in [0.4, 0.5) is 0 Å². The van der Waals surface area contributed by atoms with Crippen LogP contribution in [0.5, 0.6) is 11.5 Å². The van der Waals surface area contributed by atoms with Gasteiger partial charge in [0.2, 0.25) is 0 Å². The first kappa shape index (κ1) is 13.1. The Labute approximate surface area is 112 Å². The van der Waals surface area contributed by atoms with Gasteiger partial charge < -0.3 is 9.84 Å². The van der Waals surface area contributed by atoms with Gasteiger partial charge in [0.1, 0.15) is 11.5 Å². The number of methoxy groups -OCH3 is 1. The number of hydrogen-bond donors (Lipinski definition) is 1. The van der Waals surface area contributed by atoms with E-state index in [9.17, 15) is 9.90 Å². The molecule has 98 valence electrons. The van der Waals surface area contributed by atoms with E-state index >= 15 is 0 Å². The SMILES string of the molecule is CCc1cc(C(=O)c2ccccc2)c(O)cc1OC. The second kappa shape index (κ2) is 5.57. The first-order valence-electron chi connectivity index (χ1n) is 6.17. The molecule has 0 aliphatic heterocycles. The van der Waals surface area contributed by atoms with Crippen molar-refractivity contribution in [2.75, 3.05) is 7.11 Å². The van der Waals surface area contributed by atoms with Gasteiger partial charge in [0, 0.05) is 11.6 Å². The fourth-order valence-corrected chi connectivity index (χ4v) is 2.01. The lowest BCUT2D eigenvalue weighted by atomic mass is 9.99. The number of carbonyl (C=O) groups is 1. The average molecular weight is 256 g/mol. The number of aromatic hydroxyl groups is 1. The molecule has 0 bridgehead atoms. The number of phenols is 1. The van der Waals surface area contributed by atoms with Crippen molar-refractivity contribution in [3.05, 3.63) is 59.2 Å². The highest BCUT2D eigenvalue weighted by Crippen LogP contribution is 2.30. The minimum atomic E-state index is -0.185. The van der Waals surface area contributed by atoms with Crippen molar-refractivity contribution in [3.8, 4) is 11.5 Å². The normalized spacial score (nSPS) is 10.2. The van der Waals surface area contributed by atoms with Crippen molar-refractivity contribution in [2.45, 2.75) is 13.3 Å². The van der Waals surface area contributed by atoms with E-state index in [0.717, 1.165) is 12.0 Å². The van der Waals surface area contributed by atoms with Crippen LogP contribution in [0.25, 0.3) is 0 Å². The van der Waals surface area contributed by atoms with Gasteiger partial charge in [-0.05, 0) is 18.1 Å². The number of ketones is 1. The summed E-state index contributed by atoms with van der Waals surface area (Å²) in [6.45, 7) is 1.98. The van der Waals surface area contributed by atoms with Crippen LogP contribution < -0.4 is 4.74 Å². The zero-order chi connectivity index (χ0) is 13.8. The molecule has 0 heterocycles. The van der Waals surface area contributed by atoms with Crippen molar-refractivity contribution in [1.29, 1.82) is 0 Å². The molecule has 0 amide bonds. The van der Waals surface area contributed by atoms with Crippen molar-refractivity contribution < 1.29 is 14.6 Å². The van der Waals surface area contributed by atoms with E-state index in [2.05, 4.69) is 0 Å². The van der Waals surface area contributed by atoms with Gasteiger partial charge in [0.25, 0.3) is 0 Å². The molecule has 2 rings (SSSR count). The summed E-state index contributed by atoms with van der Waals surface area (Å²) >= 11 is 0. The predicted molar refractivity (Wildman–Crippen MR) is 73.9 cm³/mol. The van der Waals surface area contributed by atoms with Crippen molar-refractivity contribution in [2.24, 2.45) is 0 Å². The molecular weight excluding hydrogens is 240 g/mol. The summed E-state index contributed by atoms with van der Waals surface area (Å²) in [6.07, 6.45) is 0.735. The maximum atomic E-state index is 12.3. The lowest BCUT2D eigenvalue weighted by Gasteiger charge is -2.11. The Hall–Kier alpha value is -2.29. The molecule has 0 spiro atoms. The molecule has 3 heteroatoms. The smallest absolute Gasteiger partial charge is 0.196 e. The quantitative estimate of drug-likeness (QED) is 0.854. The second-order valence-corrected chi connectivity index (χ2v) is 4.23. The zero-order valence-corrected chi connectivity index (χ0v) is 11.0. The summed E-state index contributed by atoms with van der Waals surface area (Å²) in [6, 6.07) is 12.1. The topological polar surface area (TPSA) is 46.5 Å². The van der Waals surface area contributed by atoms with Gasteiger partial charge >= 0.3 is 0 Å². The average Bonchev–Trinajstić information content (AvgIpc) is 2.47. The van der Waals surface area contributed by atoms with Crippen LogP contribution in [0, 0.1) is 0 Å². The number of aryl methyl sites for hydroxylation is 1. The molecule has 0 aliphatic carbocycles.